The number of aliphatic hydroxyl groups is 1. The van der Waals surface area contributed by atoms with Crippen molar-refractivity contribution in [2.75, 3.05) is 6.61 Å². The first-order valence-electron chi connectivity index (χ1n) is 5.95. The standard InChI is InChI=1S/C13H15ClFNO2/c14-10-7-9(3-4-11(10)15)12(18)16-13(8-17)5-1-2-6-13/h3-4,7,17H,1-2,5-6,8H2,(H,16,18). The minimum Gasteiger partial charge on any atom is -0.394 e. The predicted molar refractivity (Wildman–Crippen MR) is 67.2 cm³/mol. The highest BCUT2D eigenvalue weighted by Crippen LogP contribution is 2.29. The van der Waals surface area contributed by atoms with Crippen LogP contribution in [0.2, 0.25) is 5.02 Å². The quantitative estimate of drug-likeness (QED) is 0.887. The summed E-state index contributed by atoms with van der Waals surface area (Å²) in [6, 6.07) is 3.85. The molecule has 0 saturated heterocycles. The van der Waals surface area contributed by atoms with Crippen LogP contribution >= 0.6 is 11.6 Å². The van der Waals surface area contributed by atoms with E-state index in [1.54, 1.807) is 0 Å². The molecular weight excluding hydrogens is 257 g/mol. The van der Waals surface area contributed by atoms with Gasteiger partial charge in [-0.15, -0.1) is 0 Å². The highest BCUT2D eigenvalue weighted by atomic mass is 35.5. The van der Waals surface area contributed by atoms with E-state index in [1.807, 2.05) is 0 Å². The summed E-state index contributed by atoms with van der Waals surface area (Å²) in [5, 5.41) is 12.2. The number of amides is 1. The third kappa shape index (κ3) is 2.65. The van der Waals surface area contributed by atoms with E-state index in [-0.39, 0.29) is 17.5 Å². The zero-order chi connectivity index (χ0) is 13.2. The first-order chi connectivity index (χ1) is 8.56. The van der Waals surface area contributed by atoms with E-state index in [0.29, 0.717) is 5.56 Å². The van der Waals surface area contributed by atoms with Gasteiger partial charge in [-0.05, 0) is 31.0 Å². The number of carbonyl (C=O) groups is 1. The number of aliphatic hydroxyl groups excluding tert-OH is 1. The molecule has 1 fully saturated rings. The van der Waals surface area contributed by atoms with Gasteiger partial charge < -0.3 is 10.4 Å². The molecule has 1 aromatic rings. The molecule has 1 aliphatic rings. The third-order valence-electron chi connectivity index (χ3n) is 3.42. The lowest BCUT2D eigenvalue weighted by molar-refractivity contribution is 0.0838. The lowest BCUT2D eigenvalue weighted by Crippen LogP contribution is -2.49. The van der Waals surface area contributed by atoms with Crippen LogP contribution in [0.3, 0.4) is 0 Å². The SMILES string of the molecule is O=C(NC1(CO)CCCC1)c1ccc(F)c(Cl)c1. The van der Waals surface area contributed by atoms with Gasteiger partial charge in [-0.3, -0.25) is 4.79 Å². The smallest absolute Gasteiger partial charge is 0.251 e. The molecule has 0 unspecified atom stereocenters. The average molecular weight is 272 g/mol. The summed E-state index contributed by atoms with van der Waals surface area (Å²) in [5.74, 6) is -0.876. The molecule has 0 heterocycles. The van der Waals surface area contributed by atoms with Gasteiger partial charge >= 0.3 is 0 Å². The molecule has 1 saturated carbocycles. The first kappa shape index (κ1) is 13.3. The first-order valence-corrected chi connectivity index (χ1v) is 6.32. The molecule has 0 bridgehead atoms. The molecule has 0 radical (unpaired) electrons. The van der Waals surface area contributed by atoms with Crippen LogP contribution in [0.15, 0.2) is 18.2 Å². The molecule has 3 nitrogen and oxygen atoms in total. The monoisotopic (exact) mass is 271 g/mol. The lowest BCUT2D eigenvalue weighted by atomic mass is 9.98. The minimum absolute atomic E-state index is 0.0757. The van der Waals surface area contributed by atoms with E-state index in [0.717, 1.165) is 31.7 Å². The highest BCUT2D eigenvalue weighted by Gasteiger charge is 2.34. The molecule has 18 heavy (non-hydrogen) atoms. The molecule has 5 heteroatoms. The molecule has 1 aromatic carbocycles. The van der Waals surface area contributed by atoms with E-state index >= 15 is 0 Å². The van der Waals surface area contributed by atoms with Gasteiger partial charge in [0.15, 0.2) is 0 Å². The van der Waals surface area contributed by atoms with Crippen LogP contribution in [0, 0.1) is 5.82 Å². The Morgan fingerprint density at radius 1 is 1.44 bits per heavy atom. The maximum Gasteiger partial charge on any atom is 0.251 e. The second-order valence-electron chi connectivity index (χ2n) is 4.73. The van der Waals surface area contributed by atoms with Crippen LogP contribution in [0.4, 0.5) is 4.39 Å². The summed E-state index contributed by atoms with van der Waals surface area (Å²) >= 11 is 5.64. The number of benzene rings is 1. The van der Waals surface area contributed by atoms with Crippen molar-refractivity contribution in [1.29, 1.82) is 0 Å². The van der Waals surface area contributed by atoms with Gasteiger partial charge in [-0.2, -0.15) is 0 Å². The Balaban J connectivity index is 2.13. The number of hydrogen-bond acceptors (Lipinski definition) is 2. The van der Waals surface area contributed by atoms with Crippen molar-refractivity contribution in [3.63, 3.8) is 0 Å². The number of carbonyl (C=O) groups excluding carboxylic acids is 1. The van der Waals surface area contributed by atoms with Crippen molar-refractivity contribution in [1.82, 2.24) is 5.32 Å². The molecular formula is C13H15ClFNO2. The average Bonchev–Trinajstić information content (AvgIpc) is 2.82. The fourth-order valence-corrected chi connectivity index (χ4v) is 2.51. The largest absolute Gasteiger partial charge is 0.394 e. The fourth-order valence-electron chi connectivity index (χ4n) is 2.32. The number of hydrogen-bond donors (Lipinski definition) is 2. The van der Waals surface area contributed by atoms with Gasteiger partial charge in [0.1, 0.15) is 5.82 Å². The molecule has 98 valence electrons. The summed E-state index contributed by atoms with van der Waals surface area (Å²) < 4.78 is 13.0. The van der Waals surface area contributed by atoms with Crippen LogP contribution in [-0.4, -0.2) is 23.2 Å². The topological polar surface area (TPSA) is 49.3 Å². The van der Waals surface area contributed by atoms with Crippen LogP contribution < -0.4 is 5.32 Å². The second-order valence-corrected chi connectivity index (χ2v) is 5.14. The molecule has 1 aliphatic carbocycles. The van der Waals surface area contributed by atoms with Crippen molar-refractivity contribution in [3.05, 3.63) is 34.6 Å². The van der Waals surface area contributed by atoms with E-state index in [2.05, 4.69) is 5.32 Å². The van der Waals surface area contributed by atoms with Crippen LogP contribution in [0.25, 0.3) is 0 Å². The Kier molecular flexibility index (Phi) is 3.88. The van der Waals surface area contributed by atoms with E-state index in [9.17, 15) is 14.3 Å². The number of halogens is 2. The molecule has 1 amide bonds. The van der Waals surface area contributed by atoms with Crippen LogP contribution in [-0.2, 0) is 0 Å². The summed E-state index contributed by atoms with van der Waals surface area (Å²) in [4.78, 5) is 12.0. The Hall–Kier alpha value is -1.13. The Labute approximate surface area is 110 Å². The van der Waals surface area contributed by atoms with Gasteiger partial charge in [0.05, 0.1) is 17.2 Å². The molecule has 0 aromatic heterocycles. The van der Waals surface area contributed by atoms with E-state index in [4.69, 9.17) is 11.6 Å². The van der Waals surface area contributed by atoms with Crippen molar-refractivity contribution in [2.45, 2.75) is 31.2 Å². The highest BCUT2D eigenvalue weighted by molar-refractivity contribution is 6.31. The van der Waals surface area contributed by atoms with E-state index in [1.165, 1.54) is 12.1 Å². The summed E-state index contributed by atoms with van der Waals surface area (Å²) in [6.07, 6.45) is 3.52. The van der Waals surface area contributed by atoms with Crippen molar-refractivity contribution in [3.8, 4) is 0 Å². The predicted octanol–water partition coefficient (Wildman–Crippen LogP) is 2.51. The van der Waals surface area contributed by atoms with Gasteiger partial charge in [0.2, 0.25) is 0 Å². The van der Waals surface area contributed by atoms with Gasteiger partial charge in [-0.25, -0.2) is 4.39 Å². The van der Waals surface area contributed by atoms with Crippen molar-refractivity contribution in [2.24, 2.45) is 0 Å². The molecule has 0 spiro atoms. The summed E-state index contributed by atoms with van der Waals surface area (Å²) in [7, 11) is 0. The molecule has 2 rings (SSSR count). The molecule has 0 atom stereocenters. The fraction of sp³-hybridized carbons (Fsp3) is 0.462. The van der Waals surface area contributed by atoms with Crippen LogP contribution in [0.1, 0.15) is 36.0 Å². The van der Waals surface area contributed by atoms with Gasteiger partial charge in [0.25, 0.3) is 5.91 Å². The third-order valence-corrected chi connectivity index (χ3v) is 3.71. The Morgan fingerprint density at radius 2 is 2.11 bits per heavy atom. The van der Waals surface area contributed by atoms with Gasteiger partial charge in [0, 0.05) is 5.56 Å². The van der Waals surface area contributed by atoms with Crippen molar-refractivity contribution >= 4 is 17.5 Å². The lowest BCUT2D eigenvalue weighted by Gasteiger charge is -2.28. The maximum atomic E-state index is 13.0. The zero-order valence-corrected chi connectivity index (χ0v) is 10.6. The molecule has 0 aliphatic heterocycles. The second kappa shape index (κ2) is 5.24. The normalized spacial score (nSPS) is 17.7. The summed E-state index contributed by atoms with van der Waals surface area (Å²) in [6.45, 7) is -0.0757. The van der Waals surface area contributed by atoms with Crippen LogP contribution in [0.5, 0.6) is 0 Å². The van der Waals surface area contributed by atoms with Crippen molar-refractivity contribution < 1.29 is 14.3 Å². The maximum absolute atomic E-state index is 13.0. The van der Waals surface area contributed by atoms with Gasteiger partial charge in [-0.1, -0.05) is 24.4 Å². The van der Waals surface area contributed by atoms with E-state index < -0.39 is 11.4 Å². The summed E-state index contributed by atoms with van der Waals surface area (Å²) in [5.41, 5.74) is -0.223. The number of nitrogens with one attached hydrogen (secondary N) is 1. The molecule has 2 N–H and O–H groups in total. The Bertz CT molecular complexity index is 458. The Morgan fingerprint density at radius 3 is 2.67 bits per heavy atom. The number of rotatable bonds is 3. The minimum atomic E-state index is -0.550. The zero-order valence-electron chi connectivity index (χ0n) is 9.88.